The van der Waals surface area contributed by atoms with Gasteiger partial charge in [-0.25, -0.2) is 0 Å². The Kier molecular flexibility index (Phi) is 3.94. The van der Waals surface area contributed by atoms with Crippen LogP contribution in [-0.4, -0.2) is 30.6 Å². The lowest BCUT2D eigenvalue weighted by molar-refractivity contribution is 0.312. The molecule has 0 unspecified atom stereocenters. The molecule has 0 bridgehead atoms. The van der Waals surface area contributed by atoms with Crippen LogP contribution in [0.15, 0.2) is 22.7 Å². The number of hydrogen-bond acceptors (Lipinski definition) is 2. The highest BCUT2D eigenvalue weighted by Crippen LogP contribution is 2.28. The first kappa shape index (κ1) is 12.9. The van der Waals surface area contributed by atoms with Crippen molar-refractivity contribution in [2.75, 3.05) is 19.6 Å². The summed E-state index contributed by atoms with van der Waals surface area (Å²) in [5.74, 6) is 0.852. The van der Waals surface area contributed by atoms with E-state index in [1.54, 1.807) is 0 Å². The van der Waals surface area contributed by atoms with Gasteiger partial charge in [0.05, 0.1) is 0 Å². The van der Waals surface area contributed by atoms with Crippen molar-refractivity contribution in [3.05, 3.63) is 33.3 Å². The summed E-state index contributed by atoms with van der Waals surface area (Å²) in [5, 5.41) is 4.44. The number of benzene rings is 1. The third kappa shape index (κ3) is 2.74. The van der Waals surface area contributed by atoms with Gasteiger partial charge in [0.2, 0.25) is 0 Å². The van der Waals surface area contributed by atoms with Crippen molar-refractivity contribution in [1.29, 1.82) is 0 Å². The first-order valence-electron chi connectivity index (χ1n) is 6.62. The molecular weight excluding hydrogens is 312 g/mol. The molecule has 2 aliphatic rings. The summed E-state index contributed by atoms with van der Waals surface area (Å²) in [6.07, 6.45) is 2.72. The zero-order chi connectivity index (χ0) is 12.5. The summed E-state index contributed by atoms with van der Waals surface area (Å²) in [6, 6.07) is 6.80. The SMILES string of the molecule is Clc1ccc(CN2C[C@@H]3CCCN[C@@H]3C2)c(Br)c1. The second-order valence-corrected chi connectivity index (χ2v) is 6.68. The van der Waals surface area contributed by atoms with Gasteiger partial charge in [0, 0.05) is 35.2 Å². The largest absolute Gasteiger partial charge is 0.312 e. The summed E-state index contributed by atoms with van der Waals surface area (Å²) < 4.78 is 1.12. The molecule has 0 amide bonds. The minimum Gasteiger partial charge on any atom is -0.312 e. The Hall–Kier alpha value is -0.0900. The van der Waals surface area contributed by atoms with Gasteiger partial charge in [-0.3, -0.25) is 4.90 Å². The number of halogens is 2. The maximum atomic E-state index is 5.98. The van der Waals surface area contributed by atoms with Crippen molar-refractivity contribution in [3.8, 4) is 0 Å². The molecule has 2 saturated heterocycles. The number of nitrogens with zero attached hydrogens (tertiary/aromatic N) is 1. The number of fused-ring (bicyclic) bond motifs is 1. The molecule has 0 aromatic heterocycles. The van der Waals surface area contributed by atoms with E-state index >= 15 is 0 Å². The fraction of sp³-hybridized carbons (Fsp3) is 0.571. The quantitative estimate of drug-likeness (QED) is 0.896. The molecule has 0 saturated carbocycles. The van der Waals surface area contributed by atoms with E-state index < -0.39 is 0 Å². The van der Waals surface area contributed by atoms with Gasteiger partial charge >= 0.3 is 0 Å². The molecule has 4 heteroatoms. The van der Waals surface area contributed by atoms with Crippen molar-refractivity contribution in [2.24, 2.45) is 5.92 Å². The summed E-state index contributed by atoms with van der Waals surface area (Å²) in [6.45, 7) is 4.62. The highest BCUT2D eigenvalue weighted by atomic mass is 79.9. The van der Waals surface area contributed by atoms with Crippen LogP contribution in [0.1, 0.15) is 18.4 Å². The number of likely N-dealkylation sites (tertiary alicyclic amines) is 1. The van der Waals surface area contributed by atoms with Crippen LogP contribution >= 0.6 is 27.5 Å². The van der Waals surface area contributed by atoms with Crippen LogP contribution in [0.25, 0.3) is 0 Å². The average Bonchev–Trinajstić information content (AvgIpc) is 2.75. The number of nitrogens with one attached hydrogen (secondary N) is 1. The maximum absolute atomic E-state index is 5.98. The molecule has 2 atom stereocenters. The van der Waals surface area contributed by atoms with Crippen molar-refractivity contribution < 1.29 is 0 Å². The smallest absolute Gasteiger partial charge is 0.0417 e. The highest BCUT2D eigenvalue weighted by Gasteiger charge is 2.34. The molecule has 0 aliphatic carbocycles. The van der Waals surface area contributed by atoms with Gasteiger partial charge in [0.1, 0.15) is 0 Å². The van der Waals surface area contributed by atoms with Crippen LogP contribution in [0.4, 0.5) is 0 Å². The van der Waals surface area contributed by atoms with Crippen LogP contribution < -0.4 is 5.32 Å². The first-order chi connectivity index (χ1) is 8.72. The van der Waals surface area contributed by atoms with Crippen LogP contribution in [0.5, 0.6) is 0 Å². The standard InChI is InChI=1S/C14H18BrClN2/c15-13-6-12(16)4-3-10(13)7-18-8-11-2-1-5-17-14(11)9-18/h3-4,6,11,14,17H,1-2,5,7-9H2/t11-,14+/m0/s1. The van der Waals surface area contributed by atoms with Crippen molar-refractivity contribution in [2.45, 2.75) is 25.4 Å². The summed E-state index contributed by atoms with van der Waals surface area (Å²) in [4.78, 5) is 2.56. The van der Waals surface area contributed by atoms with E-state index in [0.717, 1.165) is 22.0 Å². The molecule has 2 heterocycles. The Morgan fingerprint density at radius 2 is 2.28 bits per heavy atom. The van der Waals surface area contributed by atoms with E-state index in [1.807, 2.05) is 12.1 Å². The molecule has 1 aromatic carbocycles. The molecule has 2 nitrogen and oxygen atoms in total. The second kappa shape index (κ2) is 5.49. The lowest BCUT2D eigenvalue weighted by atomic mass is 9.94. The molecule has 0 spiro atoms. The van der Waals surface area contributed by atoms with Crippen LogP contribution in [0.3, 0.4) is 0 Å². The van der Waals surface area contributed by atoms with E-state index in [2.05, 4.69) is 32.2 Å². The molecule has 2 aliphatic heterocycles. The predicted octanol–water partition coefficient (Wildman–Crippen LogP) is 3.29. The van der Waals surface area contributed by atoms with Gasteiger partial charge in [-0.15, -0.1) is 0 Å². The first-order valence-corrected chi connectivity index (χ1v) is 7.79. The summed E-state index contributed by atoms with van der Waals surface area (Å²) in [7, 11) is 0. The zero-order valence-electron chi connectivity index (χ0n) is 10.3. The molecule has 0 radical (unpaired) electrons. The summed E-state index contributed by atoms with van der Waals surface area (Å²) in [5.41, 5.74) is 1.33. The average molecular weight is 330 g/mol. The normalized spacial score (nSPS) is 28.3. The molecule has 3 rings (SSSR count). The van der Waals surface area contributed by atoms with E-state index in [1.165, 1.54) is 38.0 Å². The van der Waals surface area contributed by atoms with E-state index in [9.17, 15) is 0 Å². The Morgan fingerprint density at radius 1 is 1.39 bits per heavy atom. The van der Waals surface area contributed by atoms with Crippen molar-refractivity contribution in [3.63, 3.8) is 0 Å². The maximum Gasteiger partial charge on any atom is 0.0417 e. The van der Waals surface area contributed by atoms with Gasteiger partial charge in [0.15, 0.2) is 0 Å². The molecular formula is C14H18BrClN2. The number of hydrogen-bond donors (Lipinski definition) is 1. The Morgan fingerprint density at radius 3 is 3.06 bits per heavy atom. The zero-order valence-corrected chi connectivity index (χ0v) is 12.7. The number of rotatable bonds is 2. The van der Waals surface area contributed by atoms with Gasteiger partial charge < -0.3 is 5.32 Å². The molecule has 2 fully saturated rings. The fourth-order valence-corrected chi connectivity index (χ4v) is 3.96. The highest BCUT2D eigenvalue weighted by molar-refractivity contribution is 9.10. The third-order valence-electron chi connectivity index (χ3n) is 4.08. The van der Waals surface area contributed by atoms with Crippen molar-refractivity contribution >= 4 is 27.5 Å². The molecule has 1 aromatic rings. The molecule has 98 valence electrons. The third-order valence-corrected chi connectivity index (χ3v) is 5.06. The van der Waals surface area contributed by atoms with Crippen molar-refractivity contribution in [1.82, 2.24) is 10.2 Å². The summed E-state index contributed by atoms with van der Waals surface area (Å²) >= 11 is 9.58. The Balaban J connectivity index is 1.66. The topological polar surface area (TPSA) is 15.3 Å². The van der Waals surface area contributed by atoms with Gasteiger partial charge in [-0.1, -0.05) is 33.6 Å². The van der Waals surface area contributed by atoms with Crippen LogP contribution in [0.2, 0.25) is 5.02 Å². The predicted molar refractivity (Wildman–Crippen MR) is 78.9 cm³/mol. The van der Waals surface area contributed by atoms with Gasteiger partial charge in [-0.05, 0) is 43.0 Å². The fourth-order valence-electron chi connectivity index (χ4n) is 3.16. The molecule has 1 N–H and O–H groups in total. The Labute approximate surface area is 122 Å². The molecule has 18 heavy (non-hydrogen) atoms. The van der Waals surface area contributed by atoms with E-state index in [0.29, 0.717) is 6.04 Å². The monoisotopic (exact) mass is 328 g/mol. The Bertz CT molecular complexity index is 424. The lowest BCUT2D eigenvalue weighted by Crippen LogP contribution is -2.40. The lowest BCUT2D eigenvalue weighted by Gasteiger charge is -2.24. The van der Waals surface area contributed by atoms with Gasteiger partial charge in [-0.2, -0.15) is 0 Å². The second-order valence-electron chi connectivity index (χ2n) is 5.39. The van der Waals surface area contributed by atoms with Crippen LogP contribution in [-0.2, 0) is 6.54 Å². The van der Waals surface area contributed by atoms with Crippen LogP contribution in [0, 0.1) is 5.92 Å². The van der Waals surface area contributed by atoms with E-state index in [-0.39, 0.29) is 0 Å². The number of piperidine rings is 1. The minimum atomic E-state index is 0.713. The van der Waals surface area contributed by atoms with Gasteiger partial charge in [0.25, 0.3) is 0 Å². The minimum absolute atomic E-state index is 0.713. The van der Waals surface area contributed by atoms with E-state index in [4.69, 9.17) is 11.6 Å².